The average Bonchev–Trinajstić information content (AvgIpc) is 2.87. The molecule has 0 spiro atoms. The number of hydrogen-bond acceptors (Lipinski definition) is 4. The summed E-state index contributed by atoms with van der Waals surface area (Å²) in [6.07, 6.45) is 3.12. The summed E-state index contributed by atoms with van der Waals surface area (Å²) in [6.45, 7) is 0. The van der Waals surface area contributed by atoms with E-state index in [0.29, 0.717) is 17.0 Å². The SMILES string of the molecule is COc1cn(-c2cc(F)cc(F)c2)c(=O)cc1-c1nccc2cc(SCc3ccccc3)ccc12. The van der Waals surface area contributed by atoms with Gasteiger partial charge in [0, 0.05) is 39.9 Å². The molecule has 0 aliphatic rings. The van der Waals surface area contributed by atoms with E-state index in [0.717, 1.165) is 44.2 Å². The summed E-state index contributed by atoms with van der Waals surface area (Å²) in [6, 6.07) is 22.6. The number of fused-ring (bicyclic) bond motifs is 1. The van der Waals surface area contributed by atoms with Gasteiger partial charge in [0.1, 0.15) is 17.4 Å². The number of halogens is 2. The lowest BCUT2D eigenvalue weighted by Gasteiger charge is -2.14. The van der Waals surface area contributed by atoms with Crippen LogP contribution in [0.1, 0.15) is 5.56 Å². The van der Waals surface area contributed by atoms with Crippen molar-refractivity contribution in [1.29, 1.82) is 0 Å². The van der Waals surface area contributed by atoms with Gasteiger partial charge in [-0.2, -0.15) is 0 Å². The van der Waals surface area contributed by atoms with Crippen molar-refractivity contribution in [2.24, 2.45) is 0 Å². The average molecular weight is 487 g/mol. The molecule has 0 fully saturated rings. The van der Waals surface area contributed by atoms with Crippen molar-refractivity contribution in [3.63, 3.8) is 0 Å². The largest absolute Gasteiger partial charge is 0.494 e. The van der Waals surface area contributed by atoms with Crippen LogP contribution in [-0.2, 0) is 5.75 Å². The summed E-state index contributed by atoms with van der Waals surface area (Å²) in [5.41, 5.74) is 1.95. The maximum Gasteiger partial charge on any atom is 0.255 e. The highest BCUT2D eigenvalue weighted by molar-refractivity contribution is 7.98. The van der Waals surface area contributed by atoms with E-state index in [1.165, 1.54) is 24.9 Å². The number of thioether (sulfide) groups is 1. The molecule has 5 rings (SSSR count). The molecule has 4 nitrogen and oxygen atoms in total. The summed E-state index contributed by atoms with van der Waals surface area (Å²) < 4.78 is 34.2. The lowest BCUT2D eigenvalue weighted by Crippen LogP contribution is -2.18. The highest BCUT2D eigenvalue weighted by atomic mass is 32.2. The number of methoxy groups -OCH3 is 1. The molecule has 0 bridgehead atoms. The number of nitrogens with zero attached hydrogens (tertiary/aromatic N) is 2. The molecule has 3 aromatic carbocycles. The summed E-state index contributed by atoms with van der Waals surface area (Å²) in [4.78, 5) is 18.6. The number of benzene rings is 3. The highest BCUT2D eigenvalue weighted by Crippen LogP contribution is 2.35. The minimum atomic E-state index is -0.772. The second-order valence-electron chi connectivity index (χ2n) is 7.91. The van der Waals surface area contributed by atoms with Gasteiger partial charge in [-0.15, -0.1) is 11.8 Å². The van der Waals surface area contributed by atoms with Crippen molar-refractivity contribution in [2.75, 3.05) is 7.11 Å². The molecular weight excluding hydrogens is 466 g/mol. The van der Waals surface area contributed by atoms with E-state index in [2.05, 4.69) is 23.2 Å². The van der Waals surface area contributed by atoms with E-state index >= 15 is 0 Å². The zero-order valence-electron chi connectivity index (χ0n) is 18.7. The Morgan fingerprint density at radius 3 is 2.46 bits per heavy atom. The Kier molecular flexibility index (Phi) is 6.33. The van der Waals surface area contributed by atoms with Crippen LogP contribution in [0.25, 0.3) is 27.7 Å². The van der Waals surface area contributed by atoms with E-state index in [9.17, 15) is 13.6 Å². The van der Waals surface area contributed by atoms with Crippen molar-refractivity contribution in [1.82, 2.24) is 9.55 Å². The summed E-state index contributed by atoms with van der Waals surface area (Å²) in [7, 11) is 1.48. The lowest BCUT2D eigenvalue weighted by atomic mass is 10.0. The van der Waals surface area contributed by atoms with Gasteiger partial charge in [-0.05, 0) is 41.3 Å². The predicted octanol–water partition coefficient (Wildman–Crippen LogP) is 6.63. The van der Waals surface area contributed by atoms with E-state index in [-0.39, 0.29) is 5.69 Å². The standard InChI is InChI=1S/C28H20F2N2O2S/c1-34-26-16-32(22-13-20(29)12-21(30)14-22)27(33)15-25(26)28-24-8-7-23(11-19(24)9-10-31-28)35-17-18-5-3-2-4-6-18/h2-16H,17H2,1H3. The van der Waals surface area contributed by atoms with Crippen LogP contribution in [-0.4, -0.2) is 16.7 Å². The molecule has 7 heteroatoms. The second kappa shape index (κ2) is 9.72. The Labute approximate surface area is 204 Å². The van der Waals surface area contributed by atoms with Crippen LogP contribution in [0.2, 0.25) is 0 Å². The molecule has 35 heavy (non-hydrogen) atoms. The third-order valence-electron chi connectivity index (χ3n) is 5.60. The van der Waals surface area contributed by atoms with Crippen molar-refractivity contribution in [3.05, 3.63) is 119 Å². The molecule has 0 amide bonds. The van der Waals surface area contributed by atoms with Crippen LogP contribution in [0.15, 0.2) is 101 Å². The maximum absolute atomic E-state index is 13.7. The highest BCUT2D eigenvalue weighted by Gasteiger charge is 2.16. The number of aromatic nitrogens is 2. The fraction of sp³-hybridized carbons (Fsp3) is 0.0714. The van der Waals surface area contributed by atoms with Gasteiger partial charge in [0.05, 0.1) is 24.7 Å². The first-order chi connectivity index (χ1) is 17.0. The van der Waals surface area contributed by atoms with E-state index in [1.807, 2.05) is 36.4 Å². The molecule has 0 aliphatic carbocycles. The molecule has 0 unspecified atom stereocenters. The zero-order valence-corrected chi connectivity index (χ0v) is 19.6. The van der Waals surface area contributed by atoms with Crippen LogP contribution >= 0.6 is 11.8 Å². The van der Waals surface area contributed by atoms with Crippen LogP contribution < -0.4 is 10.3 Å². The van der Waals surface area contributed by atoms with Crippen LogP contribution in [0.3, 0.4) is 0 Å². The maximum atomic E-state index is 13.7. The predicted molar refractivity (Wildman–Crippen MR) is 135 cm³/mol. The number of pyridine rings is 2. The van der Waals surface area contributed by atoms with E-state index in [1.54, 1.807) is 18.0 Å². The van der Waals surface area contributed by atoms with Gasteiger partial charge in [-0.1, -0.05) is 36.4 Å². The second-order valence-corrected chi connectivity index (χ2v) is 8.96. The molecule has 0 saturated carbocycles. The molecular formula is C28H20F2N2O2S. The monoisotopic (exact) mass is 486 g/mol. The van der Waals surface area contributed by atoms with Gasteiger partial charge in [-0.25, -0.2) is 8.78 Å². The van der Waals surface area contributed by atoms with Crippen LogP contribution in [0.4, 0.5) is 8.78 Å². The molecule has 0 aliphatic heterocycles. The molecule has 2 heterocycles. The van der Waals surface area contributed by atoms with Crippen molar-refractivity contribution >= 4 is 22.5 Å². The third kappa shape index (κ3) is 4.81. The van der Waals surface area contributed by atoms with Crippen LogP contribution in [0.5, 0.6) is 5.75 Å². The number of ether oxygens (including phenoxy) is 1. The number of hydrogen-bond donors (Lipinski definition) is 0. The minimum Gasteiger partial charge on any atom is -0.494 e. The van der Waals surface area contributed by atoms with Gasteiger partial charge >= 0.3 is 0 Å². The summed E-state index contributed by atoms with van der Waals surface area (Å²) in [5.74, 6) is -0.327. The van der Waals surface area contributed by atoms with Crippen LogP contribution in [0, 0.1) is 11.6 Å². The molecule has 0 saturated heterocycles. The molecule has 0 N–H and O–H groups in total. The Morgan fingerprint density at radius 1 is 0.943 bits per heavy atom. The smallest absolute Gasteiger partial charge is 0.255 e. The van der Waals surface area contributed by atoms with Crippen molar-refractivity contribution in [3.8, 4) is 22.7 Å². The minimum absolute atomic E-state index is 0.0725. The fourth-order valence-electron chi connectivity index (χ4n) is 3.94. The first-order valence-electron chi connectivity index (χ1n) is 10.8. The van der Waals surface area contributed by atoms with E-state index in [4.69, 9.17) is 4.74 Å². The van der Waals surface area contributed by atoms with Crippen molar-refractivity contribution in [2.45, 2.75) is 10.6 Å². The quantitative estimate of drug-likeness (QED) is 0.253. The topological polar surface area (TPSA) is 44.1 Å². The molecule has 0 atom stereocenters. The third-order valence-corrected chi connectivity index (χ3v) is 6.67. The summed E-state index contributed by atoms with van der Waals surface area (Å²) in [5, 5.41) is 1.84. The number of rotatable bonds is 6. The van der Waals surface area contributed by atoms with Crippen molar-refractivity contribution < 1.29 is 13.5 Å². The molecule has 2 aromatic heterocycles. The Balaban J connectivity index is 1.54. The first-order valence-corrected chi connectivity index (χ1v) is 11.8. The first kappa shape index (κ1) is 22.8. The van der Waals surface area contributed by atoms with Gasteiger partial charge in [0.2, 0.25) is 0 Å². The molecule has 5 aromatic rings. The van der Waals surface area contributed by atoms with E-state index < -0.39 is 17.2 Å². The fourth-order valence-corrected chi connectivity index (χ4v) is 4.84. The Morgan fingerprint density at radius 2 is 1.71 bits per heavy atom. The lowest BCUT2D eigenvalue weighted by molar-refractivity contribution is 0.412. The van der Waals surface area contributed by atoms with Gasteiger partial charge in [0.15, 0.2) is 0 Å². The Bertz CT molecular complexity index is 1570. The van der Waals surface area contributed by atoms with Gasteiger partial charge < -0.3 is 4.74 Å². The van der Waals surface area contributed by atoms with Gasteiger partial charge in [0.25, 0.3) is 5.56 Å². The van der Waals surface area contributed by atoms with Gasteiger partial charge in [-0.3, -0.25) is 14.3 Å². The Hall–Kier alpha value is -3.97. The molecule has 174 valence electrons. The molecule has 0 radical (unpaired) electrons. The normalized spacial score (nSPS) is 11.1. The summed E-state index contributed by atoms with van der Waals surface area (Å²) >= 11 is 1.74. The zero-order chi connectivity index (χ0) is 24.4.